The van der Waals surface area contributed by atoms with Gasteiger partial charge in [-0.2, -0.15) is 0 Å². The number of aryl methyl sites for hydroxylation is 2. The van der Waals surface area contributed by atoms with Crippen molar-refractivity contribution in [2.45, 2.75) is 29.6 Å². The molecular formula is C25H28N2O7S2. The molecular weight excluding hydrogens is 504 g/mol. The largest absolute Gasteiger partial charge is 0.497 e. The second kappa shape index (κ2) is 11.4. The lowest BCUT2D eigenvalue weighted by Crippen LogP contribution is -2.16. The van der Waals surface area contributed by atoms with Crippen LogP contribution in [0.5, 0.6) is 5.75 Å². The van der Waals surface area contributed by atoms with Crippen molar-refractivity contribution in [1.82, 2.24) is 0 Å². The van der Waals surface area contributed by atoms with Gasteiger partial charge in [0.15, 0.2) is 9.84 Å². The summed E-state index contributed by atoms with van der Waals surface area (Å²) >= 11 is 0. The summed E-state index contributed by atoms with van der Waals surface area (Å²) in [6.07, 6.45) is 0.333. The molecule has 3 aromatic rings. The van der Waals surface area contributed by atoms with E-state index in [1.807, 2.05) is 6.92 Å². The second-order valence-electron chi connectivity index (χ2n) is 8.06. The molecule has 0 aliphatic carbocycles. The van der Waals surface area contributed by atoms with Gasteiger partial charge in [-0.15, -0.1) is 0 Å². The molecule has 0 fully saturated rings. The molecule has 11 heteroatoms. The quantitative estimate of drug-likeness (QED) is 0.283. The Balaban J connectivity index is 1.50. The maximum atomic E-state index is 12.7. The highest BCUT2D eigenvalue weighted by atomic mass is 32.2. The van der Waals surface area contributed by atoms with Gasteiger partial charge in [0.2, 0.25) is 0 Å². The van der Waals surface area contributed by atoms with Crippen molar-refractivity contribution in [3.05, 3.63) is 77.9 Å². The number of methoxy groups -OCH3 is 1. The summed E-state index contributed by atoms with van der Waals surface area (Å²) in [5.41, 5.74) is 8.01. The number of sulfonamides is 1. The standard InChI is InChI=1S/C25H28N2O7S2/c1-18-3-9-21(10-4-18)35(29,30)16-15-34-25(28)14-7-19-5-11-22(12-6-19)36(31,32)27-24-13-8-20(33-2)17-23(24)26/h3-6,8-13,17,27H,7,14-16,26H2,1-2H3. The van der Waals surface area contributed by atoms with E-state index in [0.29, 0.717) is 12.2 Å². The third-order valence-corrected chi connectivity index (χ3v) is 8.43. The first kappa shape index (κ1) is 27.0. The summed E-state index contributed by atoms with van der Waals surface area (Å²) in [5, 5.41) is 0. The predicted molar refractivity (Wildman–Crippen MR) is 137 cm³/mol. The van der Waals surface area contributed by atoms with Gasteiger partial charge in [0.05, 0.1) is 34.0 Å². The minimum Gasteiger partial charge on any atom is -0.497 e. The molecule has 0 unspecified atom stereocenters. The highest BCUT2D eigenvalue weighted by Gasteiger charge is 2.17. The molecule has 0 heterocycles. The number of ether oxygens (including phenoxy) is 2. The third kappa shape index (κ3) is 7.22. The molecule has 0 spiro atoms. The van der Waals surface area contributed by atoms with Gasteiger partial charge in [0.1, 0.15) is 12.4 Å². The molecule has 0 aliphatic rings. The number of benzene rings is 3. The Morgan fingerprint density at radius 3 is 2.17 bits per heavy atom. The molecule has 0 aliphatic heterocycles. The first-order valence-corrected chi connectivity index (χ1v) is 14.1. The van der Waals surface area contributed by atoms with E-state index in [4.69, 9.17) is 15.2 Å². The molecule has 0 amide bonds. The predicted octanol–water partition coefficient (Wildman–Crippen LogP) is 3.34. The fourth-order valence-corrected chi connectivity index (χ4v) is 5.42. The van der Waals surface area contributed by atoms with Crippen LogP contribution in [0.4, 0.5) is 11.4 Å². The van der Waals surface area contributed by atoms with Crippen LogP contribution >= 0.6 is 0 Å². The third-order valence-electron chi connectivity index (χ3n) is 5.35. The van der Waals surface area contributed by atoms with Gasteiger partial charge in [-0.25, -0.2) is 16.8 Å². The van der Waals surface area contributed by atoms with Crippen molar-refractivity contribution in [1.29, 1.82) is 0 Å². The summed E-state index contributed by atoms with van der Waals surface area (Å²) < 4.78 is 62.6. The molecule has 192 valence electrons. The molecule has 0 saturated carbocycles. The maximum Gasteiger partial charge on any atom is 0.306 e. The Morgan fingerprint density at radius 1 is 0.917 bits per heavy atom. The second-order valence-corrected chi connectivity index (χ2v) is 11.8. The van der Waals surface area contributed by atoms with E-state index in [0.717, 1.165) is 11.1 Å². The molecule has 9 nitrogen and oxygen atoms in total. The highest BCUT2D eigenvalue weighted by Crippen LogP contribution is 2.26. The number of hydrogen-bond donors (Lipinski definition) is 2. The number of nitrogens with two attached hydrogens (primary N) is 1. The van der Waals surface area contributed by atoms with Gasteiger partial charge in [-0.3, -0.25) is 9.52 Å². The number of sulfone groups is 1. The van der Waals surface area contributed by atoms with E-state index in [2.05, 4.69) is 4.72 Å². The molecule has 3 rings (SSSR count). The van der Waals surface area contributed by atoms with Crippen LogP contribution in [0.1, 0.15) is 17.5 Å². The molecule has 0 radical (unpaired) electrons. The van der Waals surface area contributed by atoms with Crippen molar-refractivity contribution in [2.24, 2.45) is 0 Å². The van der Waals surface area contributed by atoms with Crippen molar-refractivity contribution >= 4 is 37.2 Å². The average molecular weight is 533 g/mol. The Labute approximate surface area is 211 Å². The monoisotopic (exact) mass is 532 g/mol. The number of anilines is 2. The topological polar surface area (TPSA) is 142 Å². The summed E-state index contributed by atoms with van der Waals surface area (Å²) in [6.45, 7) is 1.62. The lowest BCUT2D eigenvalue weighted by atomic mass is 10.1. The Kier molecular flexibility index (Phi) is 8.59. The number of rotatable bonds is 11. The number of esters is 1. The maximum absolute atomic E-state index is 12.7. The SMILES string of the molecule is COc1ccc(NS(=O)(=O)c2ccc(CCC(=O)OCCS(=O)(=O)c3ccc(C)cc3)cc2)c(N)c1. The van der Waals surface area contributed by atoms with E-state index in [-0.39, 0.29) is 39.9 Å². The van der Waals surface area contributed by atoms with E-state index < -0.39 is 25.8 Å². The number of hydrogen-bond acceptors (Lipinski definition) is 8. The summed E-state index contributed by atoms with van der Waals surface area (Å²) in [6, 6.07) is 17.1. The molecule has 0 atom stereocenters. The Morgan fingerprint density at radius 2 is 1.56 bits per heavy atom. The van der Waals surface area contributed by atoms with Crippen molar-refractivity contribution in [3.63, 3.8) is 0 Å². The van der Waals surface area contributed by atoms with Crippen LogP contribution in [-0.2, 0) is 35.8 Å². The number of carbonyl (C=O) groups excluding carboxylic acids is 1. The highest BCUT2D eigenvalue weighted by molar-refractivity contribution is 7.92. The molecule has 3 aromatic carbocycles. The van der Waals surface area contributed by atoms with Crippen LogP contribution in [0.15, 0.2) is 76.5 Å². The number of nitrogens with one attached hydrogen (secondary N) is 1. The van der Waals surface area contributed by atoms with Crippen LogP contribution < -0.4 is 15.2 Å². The molecule has 0 saturated heterocycles. The zero-order valence-corrected chi connectivity index (χ0v) is 21.6. The minimum absolute atomic E-state index is 0.0251. The van der Waals surface area contributed by atoms with Gasteiger partial charge < -0.3 is 15.2 Å². The number of nitrogen functional groups attached to an aromatic ring is 1. The first-order valence-electron chi connectivity index (χ1n) is 11.0. The van der Waals surface area contributed by atoms with Crippen LogP contribution in [0.3, 0.4) is 0 Å². The van der Waals surface area contributed by atoms with Gasteiger partial charge in [-0.05, 0) is 55.3 Å². The summed E-state index contributed by atoms with van der Waals surface area (Å²) in [5.74, 6) is -0.339. The average Bonchev–Trinajstić information content (AvgIpc) is 2.84. The van der Waals surface area contributed by atoms with Gasteiger partial charge in [-0.1, -0.05) is 29.8 Å². The van der Waals surface area contributed by atoms with E-state index in [9.17, 15) is 21.6 Å². The van der Waals surface area contributed by atoms with Gasteiger partial charge >= 0.3 is 5.97 Å². The van der Waals surface area contributed by atoms with Crippen molar-refractivity contribution in [3.8, 4) is 5.75 Å². The molecule has 0 bridgehead atoms. The summed E-state index contributed by atoms with van der Waals surface area (Å²) in [7, 11) is -5.93. The van der Waals surface area contributed by atoms with Crippen LogP contribution in [0, 0.1) is 6.92 Å². The van der Waals surface area contributed by atoms with E-state index >= 15 is 0 Å². The smallest absolute Gasteiger partial charge is 0.306 e. The molecule has 3 N–H and O–H groups in total. The lowest BCUT2D eigenvalue weighted by Gasteiger charge is -2.12. The van der Waals surface area contributed by atoms with Crippen LogP contribution in [0.25, 0.3) is 0 Å². The van der Waals surface area contributed by atoms with Crippen molar-refractivity contribution < 1.29 is 31.1 Å². The Hall–Kier alpha value is -3.57. The molecule has 0 aromatic heterocycles. The van der Waals surface area contributed by atoms with E-state index in [1.54, 1.807) is 30.3 Å². The van der Waals surface area contributed by atoms with Gasteiger partial charge in [0, 0.05) is 12.5 Å². The first-order chi connectivity index (χ1) is 17.0. The zero-order valence-electron chi connectivity index (χ0n) is 19.9. The van der Waals surface area contributed by atoms with E-state index in [1.165, 1.54) is 43.5 Å². The fraction of sp³-hybridized carbons (Fsp3) is 0.240. The number of carbonyl (C=O) groups is 1. The van der Waals surface area contributed by atoms with Crippen molar-refractivity contribution in [2.75, 3.05) is 29.9 Å². The zero-order chi connectivity index (χ0) is 26.3. The fourth-order valence-electron chi connectivity index (χ4n) is 3.25. The summed E-state index contributed by atoms with van der Waals surface area (Å²) in [4.78, 5) is 12.3. The van der Waals surface area contributed by atoms with Crippen LogP contribution in [-0.4, -0.2) is 42.3 Å². The lowest BCUT2D eigenvalue weighted by molar-refractivity contribution is -0.142. The minimum atomic E-state index is -3.87. The molecule has 36 heavy (non-hydrogen) atoms. The Bertz CT molecular complexity index is 1420. The van der Waals surface area contributed by atoms with Gasteiger partial charge in [0.25, 0.3) is 10.0 Å². The normalized spacial score (nSPS) is 11.6. The van der Waals surface area contributed by atoms with Crippen LogP contribution in [0.2, 0.25) is 0 Å².